The van der Waals surface area contributed by atoms with Gasteiger partial charge in [-0.15, -0.1) is 0 Å². The van der Waals surface area contributed by atoms with Gasteiger partial charge in [-0.25, -0.2) is 17.4 Å². The highest BCUT2D eigenvalue weighted by Crippen LogP contribution is 2.31. The first-order valence-corrected chi connectivity index (χ1v) is 9.48. The van der Waals surface area contributed by atoms with Crippen LogP contribution in [0.2, 0.25) is 5.28 Å². The second-order valence-corrected chi connectivity index (χ2v) is 8.20. The lowest BCUT2D eigenvalue weighted by molar-refractivity contribution is 0.588. The molecule has 3 aromatic rings. The number of aromatic nitrogens is 3. The van der Waals surface area contributed by atoms with Crippen LogP contribution in [0.4, 0.5) is 5.82 Å². The van der Waals surface area contributed by atoms with Crippen LogP contribution in [0.3, 0.4) is 0 Å². The van der Waals surface area contributed by atoms with Crippen LogP contribution in [0, 0.1) is 10.5 Å². The second kappa shape index (κ2) is 5.91. The zero-order chi connectivity index (χ0) is 16.8. The number of fused-ring (bicyclic) bond motifs is 1. The van der Waals surface area contributed by atoms with Crippen LogP contribution in [0.5, 0.6) is 0 Å². The van der Waals surface area contributed by atoms with Gasteiger partial charge in [0, 0.05) is 16.8 Å². The van der Waals surface area contributed by atoms with Crippen LogP contribution in [-0.4, -0.2) is 29.4 Å². The Bertz CT molecular complexity index is 1000. The third kappa shape index (κ3) is 2.79. The van der Waals surface area contributed by atoms with Crippen LogP contribution >= 0.6 is 34.2 Å². The molecule has 0 bridgehead atoms. The third-order valence-corrected chi connectivity index (χ3v) is 6.01. The molecule has 0 aliphatic rings. The molecule has 2 heterocycles. The molecule has 1 N–H and O–H groups in total. The molecule has 6 nitrogen and oxygen atoms in total. The molecule has 0 saturated heterocycles. The topological polar surface area (TPSA) is 76.9 Å². The Labute approximate surface area is 152 Å². The highest BCUT2D eigenvalue weighted by atomic mass is 127. The summed E-state index contributed by atoms with van der Waals surface area (Å²) in [4.78, 5) is 8.39. The van der Waals surface area contributed by atoms with E-state index in [1.54, 1.807) is 31.3 Å². The molecular formula is C14H12ClIN4O2S. The number of nitrogens with zero attached hydrogens (tertiary/aromatic N) is 3. The minimum absolute atomic E-state index is 0.0169. The van der Waals surface area contributed by atoms with E-state index < -0.39 is 10.0 Å². The monoisotopic (exact) mass is 462 g/mol. The average Bonchev–Trinajstić information content (AvgIpc) is 2.84. The molecule has 0 aliphatic carbocycles. The summed E-state index contributed by atoms with van der Waals surface area (Å²) < 4.78 is 27.7. The molecule has 1 aromatic carbocycles. The molecule has 23 heavy (non-hydrogen) atoms. The maximum absolute atomic E-state index is 12.9. The van der Waals surface area contributed by atoms with E-state index in [0.29, 0.717) is 14.8 Å². The van der Waals surface area contributed by atoms with E-state index >= 15 is 0 Å². The molecule has 0 atom stereocenters. The van der Waals surface area contributed by atoms with Gasteiger partial charge in [-0.2, -0.15) is 4.98 Å². The van der Waals surface area contributed by atoms with Gasteiger partial charge in [0.2, 0.25) is 5.28 Å². The number of benzene rings is 1. The molecule has 0 unspecified atom stereocenters. The third-order valence-electron chi connectivity index (χ3n) is 3.36. The molecule has 9 heteroatoms. The van der Waals surface area contributed by atoms with Crippen molar-refractivity contribution in [1.29, 1.82) is 0 Å². The first-order valence-electron chi connectivity index (χ1n) is 6.58. The number of nitrogens with one attached hydrogen (secondary N) is 1. The largest absolute Gasteiger partial charge is 0.372 e. The molecule has 0 spiro atoms. The van der Waals surface area contributed by atoms with Crippen molar-refractivity contribution in [1.82, 2.24) is 13.9 Å². The molecule has 2 aromatic heterocycles. The molecule has 0 aliphatic heterocycles. The zero-order valence-corrected chi connectivity index (χ0v) is 15.9. The normalized spacial score (nSPS) is 11.8. The SMILES string of the molecule is CNc1nc(Cl)nc2c1c(I)cn2S(=O)(=O)c1ccc(C)cc1. The Morgan fingerprint density at radius 3 is 2.48 bits per heavy atom. The molecule has 0 fully saturated rings. The smallest absolute Gasteiger partial charge is 0.269 e. The number of rotatable bonds is 3. The van der Waals surface area contributed by atoms with Gasteiger partial charge in [0.25, 0.3) is 10.0 Å². The summed E-state index contributed by atoms with van der Waals surface area (Å²) in [5, 5.41) is 3.52. The first kappa shape index (κ1) is 16.5. The lowest BCUT2D eigenvalue weighted by atomic mass is 10.2. The average molecular weight is 463 g/mol. The summed E-state index contributed by atoms with van der Waals surface area (Å²) in [5.41, 5.74) is 1.23. The van der Waals surface area contributed by atoms with Crippen LogP contribution in [-0.2, 0) is 10.0 Å². The Balaban J connectivity index is 2.32. The van der Waals surface area contributed by atoms with Gasteiger partial charge >= 0.3 is 0 Å². The van der Waals surface area contributed by atoms with Crippen molar-refractivity contribution < 1.29 is 8.42 Å². The summed E-state index contributed by atoms with van der Waals surface area (Å²) in [6.45, 7) is 1.90. The summed E-state index contributed by atoms with van der Waals surface area (Å²) >= 11 is 7.98. The van der Waals surface area contributed by atoms with E-state index in [9.17, 15) is 8.42 Å². The van der Waals surface area contributed by atoms with E-state index in [0.717, 1.165) is 9.54 Å². The van der Waals surface area contributed by atoms with E-state index in [-0.39, 0.29) is 15.8 Å². The number of hydrogen-bond acceptors (Lipinski definition) is 5. The fraction of sp³-hybridized carbons (Fsp3) is 0.143. The molecule has 120 valence electrons. The lowest BCUT2D eigenvalue weighted by Crippen LogP contribution is -2.13. The van der Waals surface area contributed by atoms with Gasteiger partial charge in [0.05, 0.1) is 10.3 Å². The molecular weight excluding hydrogens is 451 g/mol. The predicted molar refractivity (Wildman–Crippen MR) is 98.6 cm³/mol. The molecule has 3 rings (SSSR count). The van der Waals surface area contributed by atoms with Crippen LogP contribution in [0.25, 0.3) is 11.0 Å². The Kier molecular flexibility index (Phi) is 4.23. The van der Waals surface area contributed by atoms with Crippen molar-refractivity contribution in [2.45, 2.75) is 11.8 Å². The predicted octanol–water partition coefficient (Wildman–Crippen LogP) is 3.28. The first-order chi connectivity index (χ1) is 10.8. The van der Waals surface area contributed by atoms with E-state index in [4.69, 9.17) is 11.6 Å². The van der Waals surface area contributed by atoms with Crippen molar-refractivity contribution >= 4 is 61.1 Å². The van der Waals surface area contributed by atoms with Gasteiger partial charge in [0.15, 0.2) is 5.65 Å². The summed E-state index contributed by atoms with van der Waals surface area (Å²) in [7, 11) is -2.07. The Morgan fingerprint density at radius 1 is 1.22 bits per heavy atom. The van der Waals surface area contributed by atoms with E-state index in [2.05, 4.69) is 37.9 Å². The van der Waals surface area contributed by atoms with Crippen molar-refractivity contribution in [2.24, 2.45) is 0 Å². The van der Waals surface area contributed by atoms with Gasteiger partial charge in [-0.1, -0.05) is 17.7 Å². The van der Waals surface area contributed by atoms with Crippen molar-refractivity contribution in [3.63, 3.8) is 0 Å². The van der Waals surface area contributed by atoms with E-state index in [1.165, 1.54) is 6.20 Å². The van der Waals surface area contributed by atoms with Crippen LogP contribution in [0.1, 0.15) is 5.56 Å². The maximum atomic E-state index is 12.9. The van der Waals surface area contributed by atoms with Gasteiger partial charge < -0.3 is 5.32 Å². The highest BCUT2D eigenvalue weighted by molar-refractivity contribution is 14.1. The highest BCUT2D eigenvalue weighted by Gasteiger charge is 2.24. The molecule has 0 amide bonds. The van der Waals surface area contributed by atoms with E-state index in [1.807, 2.05) is 6.92 Å². The Morgan fingerprint density at radius 2 is 1.87 bits per heavy atom. The van der Waals surface area contributed by atoms with Crippen LogP contribution < -0.4 is 5.32 Å². The standard InChI is InChI=1S/C14H12ClIN4O2S/c1-8-3-5-9(6-4-8)23(21,22)20-7-10(16)11-12(17-2)18-14(15)19-13(11)20/h3-7H,1-2H3,(H,17,18,19). The second-order valence-electron chi connectivity index (χ2n) is 4.88. The van der Waals surface area contributed by atoms with Gasteiger partial charge in [-0.05, 0) is 53.2 Å². The van der Waals surface area contributed by atoms with Crippen molar-refractivity contribution in [3.8, 4) is 0 Å². The van der Waals surface area contributed by atoms with Crippen molar-refractivity contribution in [3.05, 3.63) is 44.9 Å². The minimum Gasteiger partial charge on any atom is -0.372 e. The number of halogens is 2. The number of anilines is 1. The Hall–Kier alpha value is -1.39. The fourth-order valence-electron chi connectivity index (χ4n) is 2.22. The van der Waals surface area contributed by atoms with Crippen molar-refractivity contribution in [2.75, 3.05) is 12.4 Å². The van der Waals surface area contributed by atoms with Crippen LogP contribution in [0.15, 0.2) is 35.4 Å². The number of aryl methyl sites for hydroxylation is 1. The quantitative estimate of drug-likeness (QED) is 0.477. The summed E-state index contributed by atoms with van der Waals surface area (Å²) in [5.74, 6) is 0.488. The maximum Gasteiger partial charge on any atom is 0.269 e. The molecule has 0 radical (unpaired) electrons. The van der Waals surface area contributed by atoms with Gasteiger partial charge in [-0.3, -0.25) is 0 Å². The zero-order valence-electron chi connectivity index (χ0n) is 12.2. The van der Waals surface area contributed by atoms with Gasteiger partial charge in [0.1, 0.15) is 5.82 Å². The number of hydrogen-bond donors (Lipinski definition) is 1. The molecule has 0 saturated carbocycles. The summed E-state index contributed by atoms with van der Waals surface area (Å²) in [6.07, 6.45) is 1.52. The lowest BCUT2D eigenvalue weighted by Gasteiger charge is -2.08. The minimum atomic E-state index is -3.77. The fourth-order valence-corrected chi connectivity index (χ4v) is 4.66. The summed E-state index contributed by atoms with van der Waals surface area (Å²) in [6, 6.07) is 6.66.